The van der Waals surface area contributed by atoms with Gasteiger partial charge in [-0.1, -0.05) is 0 Å². The molecule has 1 unspecified atom stereocenters. The Labute approximate surface area is 120 Å². The standard InChI is InChI=1S/C14H16F3NO3/c15-14(16,17)10-2-1-3-18(7-10)6-9-4-12-13(5-11(9)19)21-8-20-12/h4-5,10,19H,1-3,6-8H2. The second-order valence-corrected chi connectivity index (χ2v) is 5.45. The number of nitrogens with zero attached hydrogens (tertiary/aromatic N) is 1. The molecule has 2 heterocycles. The van der Waals surface area contributed by atoms with Gasteiger partial charge in [0.25, 0.3) is 0 Å². The van der Waals surface area contributed by atoms with Crippen LogP contribution in [-0.4, -0.2) is 36.1 Å². The number of phenols is 1. The largest absolute Gasteiger partial charge is 0.507 e. The molecule has 1 aromatic rings. The van der Waals surface area contributed by atoms with Gasteiger partial charge in [-0.05, 0) is 25.5 Å². The second kappa shape index (κ2) is 5.29. The molecule has 0 amide bonds. The van der Waals surface area contributed by atoms with Crippen LogP contribution in [0.15, 0.2) is 12.1 Å². The second-order valence-electron chi connectivity index (χ2n) is 5.45. The van der Waals surface area contributed by atoms with Crippen molar-refractivity contribution >= 4 is 0 Å². The van der Waals surface area contributed by atoms with Crippen LogP contribution in [0.5, 0.6) is 17.2 Å². The van der Waals surface area contributed by atoms with Crippen LogP contribution >= 0.6 is 0 Å². The number of aromatic hydroxyl groups is 1. The number of fused-ring (bicyclic) bond motifs is 1. The number of alkyl halides is 3. The molecule has 0 radical (unpaired) electrons. The molecule has 7 heteroatoms. The van der Waals surface area contributed by atoms with Crippen LogP contribution in [0.2, 0.25) is 0 Å². The minimum absolute atomic E-state index is 0.0217. The lowest BCUT2D eigenvalue weighted by Crippen LogP contribution is -2.41. The summed E-state index contributed by atoms with van der Waals surface area (Å²) in [4.78, 5) is 1.72. The topological polar surface area (TPSA) is 41.9 Å². The van der Waals surface area contributed by atoms with Gasteiger partial charge in [-0.25, -0.2) is 0 Å². The van der Waals surface area contributed by atoms with Crippen LogP contribution in [0.1, 0.15) is 18.4 Å². The van der Waals surface area contributed by atoms with Crippen LogP contribution in [-0.2, 0) is 6.54 Å². The lowest BCUT2D eigenvalue weighted by Gasteiger charge is -2.33. The van der Waals surface area contributed by atoms with Gasteiger partial charge in [0.2, 0.25) is 6.79 Å². The minimum atomic E-state index is -4.16. The Kier molecular flexibility index (Phi) is 3.61. The maximum absolute atomic E-state index is 12.8. The fraction of sp³-hybridized carbons (Fsp3) is 0.571. The number of hydrogen-bond donors (Lipinski definition) is 1. The third kappa shape index (κ3) is 3.02. The Morgan fingerprint density at radius 2 is 1.95 bits per heavy atom. The van der Waals surface area contributed by atoms with Gasteiger partial charge in [0.05, 0.1) is 5.92 Å². The van der Waals surface area contributed by atoms with Gasteiger partial charge < -0.3 is 14.6 Å². The smallest absolute Gasteiger partial charge is 0.393 e. The first-order chi connectivity index (χ1) is 9.93. The molecule has 21 heavy (non-hydrogen) atoms. The van der Waals surface area contributed by atoms with Crippen LogP contribution in [0, 0.1) is 5.92 Å². The third-order valence-electron chi connectivity index (χ3n) is 3.94. The van der Waals surface area contributed by atoms with E-state index in [1.807, 2.05) is 0 Å². The zero-order valence-corrected chi connectivity index (χ0v) is 11.3. The van der Waals surface area contributed by atoms with Gasteiger partial charge in [0.1, 0.15) is 5.75 Å². The maximum atomic E-state index is 12.8. The summed E-state index contributed by atoms with van der Waals surface area (Å²) < 4.78 is 48.8. The molecule has 2 aliphatic rings. The van der Waals surface area contributed by atoms with Gasteiger partial charge in [-0.15, -0.1) is 0 Å². The van der Waals surface area contributed by atoms with Crippen LogP contribution in [0.25, 0.3) is 0 Å². The SMILES string of the molecule is Oc1cc2c(cc1CN1CCCC(C(F)(F)F)C1)OCO2. The molecule has 1 N–H and O–H groups in total. The average Bonchev–Trinajstić information content (AvgIpc) is 2.85. The lowest BCUT2D eigenvalue weighted by molar-refractivity contribution is -0.187. The first kappa shape index (κ1) is 14.3. The molecular weight excluding hydrogens is 287 g/mol. The van der Waals surface area contributed by atoms with Crippen LogP contribution in [0.4, 0.5) is 13.2 Å². The molecule has 1 fully saturated rings. The zero-order chi connectivity index (χ0) is 15.0. The number of halogens is 3. The molecule has 2 aliphatic heterocycles. The minimum Gasteiger partial charge on any atom is -0.507 e. The summed E-state index contributed by atoms with van der Waals surface area (Å²) in [5, 5.41) is 9.95. The van der Waals surface area contributed by atoms with E-state index in [9.17, 15) is 18.3 Å². The predicted octanol–water partition coefficient (Wildman–Crippen LogP) is 2.90. The molecule has 1 atom stereocenters. The summed E-state index contributed by atoms with van der Waals surface area (Å²) >= 11 is 0. The van der Waals surface area contributed by atoms with Gasteiger partial charge >= 0.3 is 6.18 Å². The molecule has 0 spiro atoms. The molecule has 0 saturated carbocycles. The van der Waals surface area contributed by atoms with E-state index in [-0.39, 0.29) is 32.1 Å². The number of phenolic OH excluding ortho intramolecular Hbond substituents is 1. The zero-order valence-electron chi connectivity index (χ0n) is 11.3. The van der Waals surface area contributed by atoms with E-state index in [1.165, 1.54) is 6.07 Å². The van der Waals surface area contributed by atoms with E-state index in [2.05, 4.69) is 0 Å². The number of rotatable bonds is 2. The molecule has 4 nitrogen and oxygen atoms in total. The molecule has 3 rings (SSSR count). The van der Waals surface area contributed by atoms with Crippen molar-refractivity contribution in [3.63, 3.8) is 0 Å². The van der Waals surface area contributed by atoms with Crippen LogP contribution in [0.3, 0.4) is 0 Å². The Balaban J connectivity index is 1.72. The summed E-state index contributed by atoms with van der Waals surface area (Å²) in [5.74, 6) is -0.286. The van der Waals surface area contributed by atoms with E-state index in [1.54, 1.807) is 11.0 Å². The number of hydrogen-bond acceptors (Lipinski definition) is 4. The lowest BCUT2D eigenvalue weighted by atomic mass is 9.97. The summed E-state index contributed by atoms with van der Waals surface area (Å²) in [6.07, 6.45) is -3.47. The fourth-order valence-corrected chi connectivity index (χ4v) is 2.81. The number of likely N-dealkylation sites (tertiary alicyclic amines) is 1. The normalized spacial score (nSPS) is 22.5. The van der Waals surface area contributed by atoms with Crippen LogP contribution < -0.4 is 9.47 Å². The molecule has 0 aliphatic carbocycles. The van der Waals surface area contributed by atoms with Crippen molar-refractivity contribution in [1.29, 1.82) is 0 Å². The third-order valence-corrected chi connectivity index (χ3v) is 3.94. The van der Waals surface area contributed by atoms with Crippen molar-refractivity contribution in [2.75, 3.05) is 19.9 Å². The van der Waals surface area contributed by atoms with E-state index in [0.29, 0.717) is 30.0 Å². The van der Waals surface area contributed by atoms with Crippen molar-refractivity contribution in [2.24, 2.45) is 5.92 Å². The molecule has 0 aromatic heterocycles. The van der Waals surface area contributed by atoms with Gasteiger partial charge in [0, 0.05) is 24.7 Å². The Morgan fingerprint density at radius 1 is 1.24 bits per heavy atom. The first-order valence-corrected chi connectivity index (χ1v) is 6.84. The van der Waals surface area contributed by atoms with Gasteiger partial charge in [0.15, 0.2) is 11.5 Å². The summed E-state index contributed by atoms with van der Waals surface area (Å²) in [6, 6.07) is 3.08. The maximum Gasteiger partial charge on any atom is 0.393 e. The fourth-order valence-electron chi connectivity index (χ4n) is 2.81. The summed E-state index contributed by atoms with van der Waals surface area (Å²) in [5.41, 5.74) is 0.557. The highest BCUT2D eigenvalue weighted by Crippen LogP contribution is 2.39. The highest BCUT2D eigenvalue weighted by molar-refractivity contribution is 5.51. The highest BCUT2D eigenvalue weighted by Gasteiger charge is 2.41. The highest BCUT2D eigenvalue weighted by atomic mass is 19.4. The number of ether oxygens (including phenoxy) is 2. The molecule has 116 valence electrons. The van der Waals surface area contributed by atoms with E-state index >= 15 is 0 Å². The van der Waals surface area contributed by atoms with E-state index in [0.717, 1.165) is 0 Å². The van der Waals surface area contributed by atoms with Crippen molar-refractivity contribution in [2.45, 2.75) is 25.6 Å². The predicted molar refractivity (Wildman–Crippen MR) is 68.3 cm³/mol. The number of benzene rings is 1. The Morgan fingerprint density at radius 3 is 2.67 bits per heavy atom. The van der Waals surface area contributed by atoms with Crippen molar-refractivity contribution in [3.05, 3.63) is 17.7 Å². The molecule has 1 saturated heterocycles. The Hall–Kier alpha value is -1.63. The van der Waals surface area contributed by atoms with E-state index in [4.69, 9.17) is 9.47 Å². The van der Waals surface area contributed by atoms with Crippen molar-refractivity contribution in [3.8, 4) is 17.2 Å². The average molecular weight is 303 g/mol. The first-order valence-electron chi connectivity index (χ1n) is 6.84. The summed E-state index contributed by atoms with van der Waals surface area (Å²) in [7, 11) is 0. The summed E-state index contributed by atoms with van der Waals surface area (Å²) in [6.45, 7) is 0.936. The van der Waals surface area contributed by atoms with Gasteiger partial charge in [-0.3, -0.25) is 4.90 Å². The van der Waals surface area contributed by atoms with Crippen molar-refractivity contribution in [1.82, 2.24) is 4.90 Å². The van der Waals surface area contributed by atoms with Gasteiger partial charge in [-0.2, -0.15) is 13.2 Å². The quantitative estimate of drug-likeness (QED) is 0.912. The van der Waals surface area contributed by atoms with E-state index < -0.39 is 12.1 Å². The number of piperidine rings is 1. The van der Waals surface area contributed by atoms with Crippen molar-refractivity contribution < 1.29 is 27.8 Å². The Bertz CT molecular complexity index is 533. The molecular formula is C14H16F3NO3. The monoisotopic (exact) mass is 303 g/mol. The molecule has 1 aromatic carbocycles. The molecule has 0 bridgehead atoms.